The summed E-state index contributed by atoms with van der Waals surface area (Å²) < 4.78 is 5.12. The minimum Gasteiger partial charge on any atom is -0.445 e. The van der Waals surface area contributed by atoms with Crippen LogP contribution in [0.15, 0.2) is 54.6 Å². The molecule has 160 valence electrons. The van der Waals surface area contributed by atoms with Crippen LogP contribution in [-0.2, 0) is 16.1 Å². The summed E-state index contributed by atoms with van der Waals surface area (Å²) in [6.07, 6.45) is 0.125. The van der Waals surface area contributed by atoms with Gasteiger partial charge in [0.05, 0.1) is 11.3 Å². The van der Waals surface area contributed by atoms with Crippen LogP contribution >= 0.6 is 0 Å². The average molecular weight is 412 g/mol. The molecule has 2 aromatic carbocycles. The smallest absolute Gasteiger partial charge is 0.407 e. The second-order valence-electron chi connectivity index (χ2n) is 7.89. The zero-order chi connectivity index (χ0) is 22.0. The van der Waals surface area contributed by atoms with Crippen LogP contribution in [0.4, 0.5) is 10.5 Å². The van der Waals surface area contributed by atoms with E-state index in [1.807, 2.05) is 51.1 Å². The van der Waals surface area contributed by atoms with Crippen LogP contribution in [-0.4, -0.2) is 30.0 Å². The molecule has 0 aliphatic carbocycles. The summed E-state index contributed by atoms with van der Waals surface area (Å²) in [6.45, 7) is 6.19. The first-order valence-corrected chi connectivity index (χ1v) is 9.90. The van der Waals surface area contributed by atoms with Gasteiger partial charge < -0.3 is 20.7 Å². The topological polar surface area (TPSA) is 96.5 Å². The minimum atomic E-state index is -0.525. The van der Waals surface area contributed by atoms with E-state index in [9.17, 15) is 14.4 Å². The van der Waals surface area contributed by atoms with Gasteiger partial charge in [-0.2, -0.15) is 0 Å². The maximum absolute atomic E-state index is 12.4. The third-order valence-corrected chi connectivity index (χ3v) is 4.00. The maximum atomic E-state index is 12.4. The Morgan fingerprint density at radius 3 is 2.30 bits per heavy atom. The Bertz CT molecular complexity index is 860. The monoisotopic (exact) mass is 411 g/mol. The number of carbonyl (C=O) groups excluding carboxylic acids is 3. The summed E-state index contributed by atoms with van der Waals surface area (Å²) in [4.78, 5) is 36.4. The molecule has 0 aliphatic rings. The number of carbonyl (C=O) groups is 3. The number of hydrogen-bond donors (Lipinski definition) is 3. The summed E-state index contributed by atoms with van der Waals surface area (Å²) in [5, 5.41) is 8.28. The van der Waals surface area contributed by atoms with E-state index in [0.717, 1.165) is 5.56 Å². The Morgan fingerprint density at radius 1 is 0.933 bits per heavy atom. The molecule has 0 atom stereocenters. The molecule has 0 saturated heterocycles. The van der Waals surface area contributed by atoms with E-state index in [1.165, 1.54) is 0 Å². The van der Waals surface area contributed by atoms with Gasteiger partial charge in [0, 0.05) is 18.5 Å². The fourth-order valence-electron chi connectivity index (χ4n) is 2.62. The summed E-state index contributed by atoms with van der Waals surface area (Å²) in [5.41, 5.74) is 1.39. The number of benzene rings is 2. The van der Waals surface area contributed by atoms with Crippen molar-refractivity contribution >= 4 is 23.6 Å². The number of amides is 3. The second kappa shape index (κ2) is 11.0. The van der Waals surface area contributed by atoms with E-state index in [2.05, 4.69) is 16.0 Å². The third-order valence-electron chi connectivity index (χ3n) is 4.00. The van der Waals surface area contributed by atoms with Gasteiger partial charge >= 0.3 is 6.09 Å². The summed E-state index contributed by atoms with van der Waals surface area (Å²) in [6, 6.07) is 16.3. The molecule has 3 N–H and O–H groups in total. The van der Waals surface area contributed by atoms with Crippen molar-refractivity contribution in [2.45, 2.75) is 45.8 Å². The van der Waals surface area contributed by atoms with Crippen LogP contribution in [0.3, 0.4) is 0 Å². The van der Waals surface area contributed by atoms with Crippen LogP contribution in [0.25, 0.3) is 0 Å². The second-order valence-corrected chi connectivity index (χ2v) is 7.89. The first-order valence-electron chi connectivity index (χ1n) is 9.90. The lowest BCUT2D eigenvalue weighted by Gasteiger charge is -2.21. The first-order chi connectivity index (χ1) is 14.2. The van der Waals surface area contributed by atoms with E-state index in [0.29, 0.717) is 24.2 Å². The molecule has 2 rings (SSSR count). The number of ether oxygens (including phenoxy) is 1. The molecule has 30 heavy (non-hydrogen) atoms. The Kier molecular flexibility index (Phi) is 8.41. The van der Waals surface area contributed by atoms with Crippen molar-refractivity contribution in [3.63, 3.8) is 0 Å². The van der Waals surface area contributed by atoms with E-state index >= 15 is 0 Å². The highest BCUT2D eigenvalue weighted by Crippen LogP contribution is 2.16. The molecular weight excluding hydrogens is 382 g/mol. The lowest BCUT2D eigenvalue weighted by Crippen LogP contribution is -2.40. The largest absolute Gasteiger partial charge is 0.445 e. The molecule has 0 fully saturated rings. The van der Waals surface area contributed by atoms with Crippen molar-refractivity contribution < 1.29 is 19.1 Å². The molecule has 0 saturated carbocycles. The number of alkyl carbamates (subject to hydrolysis) is 1. The molecule has 0 unspecified atom stereocenters. The fourth-order valence-corrected chi connectivity index (χ4v) is 2.62. The average Bonchev–Trinajstić information content (AvgIpc) is 2.69. The predicted molar refractivity (Wildman–Crippen MR) is 116 cm³/mol. The van der Waals surface area contributed by atoms with Crippen LogP contribution in [0, 0.1) is 0 Å². The summed E-state index contributed by atoms with van der Waals surface area (Å²) in [5.74, 6) is -0.480. The highest BCUT2D eigenvalue weighted by atomic mass is 16.5. The van der Waals surface area contributed by atoms with E-state index in [4.69, 9.17) is 4.74 Å². The number of anilines is 1. The van der Waals surface area contributed by atoms with Gasteiger partial charge in [0.1, 0.15) is 6.61 Å². The Labute approximate surface area is 177 Å². The standard InChI is InChI=1S/C23H29N3O4/c1-23(2,3)26-21(28)18-12-7-8-13-19(18)25-20(27)14-9-15-24-22(29)30-16-17-10-5-4-6-11-17/h4-8,10-13H,9,14-16H2,1-3H3,(H,24,29)(H,25,27)(H,26,28). The third kappa shape index (κ3) is 8.34. The molecule has 7 heteroatoms. The van der Waals surface area contributed by atoms with Gasteiger partial charge in [-0.25, -0.2) is 4.79 Å². The molecule has 0 aliphatic heterocycles. The van der Waals surface area contributed by atoms with Gasteiger partial charge in [0.2, 0.25) is 5.91 Å². The van der Waals surface area contributed by atoms with Crippen molar-refractivity contribution in [2.24, 2.45) is 0 Å². The molecule has 0 heterocycles. The van der Waals surface area contributed by atoms with Gasteiger partial charge in [-0.1, -0.05) is 42.5 Å². The fraction of sp³-hybridized carbons (Fsp3) is 0.348. The zero-order valence-corrected chi connectivity index (χ0v) is 17.7. The Hall–Kier alpha value is -3.35. The van der Waals surface area contributed by atoms with Crippen molar-refractivity contribution in [2.75, 3.05) is 11.9 Å². The Balaban J connectivity index is 1.73. The van der Waals surface area contributed by atoms with Crippen LogP contribution < -0.4 is 16.0 Å². The summed E-state index contributed by atoms with van der Waals surface area (Å²) in [7, 11) is 0. The van der Waals surface area contributed by atoms with Gasteiger partial charge in [-0.15, -0.1) is 0 Å². The molecule has 0 radical (unpaired) electrons. The highest BCUT2D eigenvalue weighted by Gasteiger charge is 2.18. The van der Waals surface area contributed by atoms with Crippen molar-refractivity contribution in [3.05, 3.63) is 65.7 Å². The SMILES string of the molecule is CC(C)(C)NC(=O)c1ccccc1NC(=O)CCCNC(=O)OCc1ccccc1. The quantitative estimate of drug-likeness (QED) is 0.575. The molecule has 2 aromatic rings. The van der Waals surface area contributed by atoms with E-state index in [1.54, 1.807) is 24.3 Å². The van der Waals surface area contributed by atoms with Gasteiger partial charge in [-0.05, 0) is 44.9 Å². The lowest BCUT2D eigenvalue weighted by atomic mass is 10.1. The molecule has 0 spiro atoms. The molecular formula is C23H29N3O4. The van der Waals surface area contributed by atoms with Crippen molar-refractivity contribution in [1.82, 2.24) is 10.6 Å². The molecule has 0 aromatic heterocycles. The molecule has 0 bridgehead atoms. The van der Waals surface area contributed by atoms with E-state index in [-0.39, 0.29) is 30.4 Å². The van der Waals surface area contributed by atoms with Crippen LogP contribution in [0.2, 0.25) is 0 Å². The molecule has 3 amide bonds. The normalized spacial score (nSPS) is 10.8. The number of para-hydroxylation sites is 1. The van der Waals surface area contributed by atoms with Gasteiger partial charge in [0.15, 0.2) is 0 Å². The Morgan fingerprint density at radius 2 is 1.60 bits per heavy atom. The minimum absolute atomic E-state index is 0.195. The molecule has 7 nitrogen and oxygen atoms in total. The van der Waals surface area contributed by atoms with Crippen LogP contribution in [0.5, 0.6) is 0 Å². The number of rotatable bonds is 8. The van der Waals surface area contributed by atoms with E-state index < -0.39 is 6.09 Å². The lowest BCUT2D eigenvalue weighted by molar-refractivity contribution is -0.116. The van der Waals surface area contributed by atoms with Crippen molar-refractivity contribution in [1.29, 1.82) is 0 Å². The number of hydrogen-bond acceptors (Lipinski definition) is 4. The van der Waals surface area contributed by atoms with Crippen LogP contribution in [0.1, 0.15) is 49.5 Å². The maximum Gasteiger partial charge on any atom is 0.407 e. The number of nitrogens with one attached hydrogen (secondary N) is 3. The van der Waals surface area contributed by atoms with Gasteiger partial charge in [-0.3, -0.25) is 9.59 Å². The predicted octanol–water partition coefficient (Wildman–Crippen LogP) is 3.86. The van der Waals surface area contributed by atoms with Crippen molar-refractivity contribution in [3.8, 4) is 0 Å². The zero-order valence-electron chi connectivity index (χ0n) is 17.7. The van der Waals surface area contributed by atoms with Gasteiger partial charge in [0.25, 0.3) is 5.91 Å². The highest BCUT2D eigenvalue weighted by molar-refractivity contribution is 6.03. The first kappa shape index (κ1) is 22.9. The summed E-state index contributed by atoms with van der Waals surface area (Å²) >= 11 is 0.